The van der Waals surface area contributed by atoms with Crippen LogP contribution in [0.4, 0.5) is 18.9 Å². The molecule has 0 aromatic heterocycles. The van der Waals surface area contributed by atoms with Gasteiger partial charge in [-0.25, -0.2) is 5.01 Å². The van der Waals surface area contributed by atoms with E-state index in [1.165, 1.54) is 12.1 Å². The highest BCUT2D eigenvalue weighted by atomic mass is 19.4. The van der Waals surface area contributed by atoms with Gasteiger partial charge in [0.05, 0.1) is 11.3 Å². The summed E-state index contributed by atoms with van der Waals surface area (Å²) in [4.78, 5) is 1.86. The van der Waals surface area contributed by atoms with Crippen molar-refractivity contribution in [3.05, 3.63) is 78.1 Å². The largest absolute Gasteiger partial charge is 0.416 e. The number of halogens is 3. The Morgan fingerprint density at radius 1 is 1.00 bits per heavy atom. The van der Waals surface area contributed by atoms with E-state index < -0.39 is 11.7 Å². The van der Waals surface area contributed by atoms with E-state index in [1.807, 2.05) is 49.2 Å². The smallest absolute Gasteiger partial charge is 0.316 e. The first-order chi connectivity index (χ1) is 11.8. The molecular formula is C19H18F3N3. The van der Waals surface area contributed by atoms with Gasteiger partial charge < -0.3 is 4.90 Å². The van der Waals surface area contributed by atoms with Gasteiger partial charge in [-0.05, 0) is 29.8 Å². The molecule has 0 spiro atoms. The third-order valence-electron chi connectivity index (χ3n) is 4.30. The van der Waals surface area contributed by atoms with E-state index in [0.717, 1.165) is 23.5 Å². The highest BCUT2D eigenvalue weighted by Crippen LogP contribution is 2.34. The van der Waals surface area contributed by atoms with Gasteiger partial charge in [0.15, 0.2) is 0 Å². The average molecular weight is 345 g/mol. The highest BCUT2D eigenvalue weighted by molar-refractivity contribution is 5.93. The number of hydrazone groups is 1. The Morgan fingerprint density at radius 3 is 2.16 bits per heavy atom. The van der Waals surface area contributed by atoms with Crippen LogP contribution in [0.15, 0.2) is 72.1 Å². The molecule has 0 unspecified atom stereocenters. The zero-order valence-electron chi connectivity index (χ0n) is 14.0. The number of likely N-dealkylation sites (N-methyl/N-ethyl adjacent to an activating group) is 1. The SMILES string of the molecule is C=C1N(C)C([C@H](C)c2ccccc2)=NN1c1ccc(C(F)(F)F)cc1. The minimum absolute atomic E-state index is 0.0300. The molecule has 0 aliphatic carbocycles. The van der Waals surface area contributed by atoms with Crippen molar-refractivity contribution in [3.8, 4) is 0 Å². The first-order valence-corrected chi connectivity index (χ1v) is 7.82. The summed E-state index contributed by atoms with van der Waals surface area (Å²) < 4.78 is 38.2. The summed E-state index contributed by atoms with van der Waals surface area (Å²) in [5, 5.41) is 6.15. The standard InChI is InChI=1S/C19H18F3N3/c1-13(15-7-5-4-6-8-15)18-23-25(14(2)24(18)3)17-11-9-16(10-12-17)19(20,21)22/h4-13H,2H2,1,3H3/t13-/m1/s1. The molecule has 2 aromatic carbocycles. The van der Waals surface area contributed by atoms with Crippen LogP contribution in [-0.2, 0) is 6.18 Å². The summed E-state index contributed by atoms with van der Waals surface area (Å²) in [5.74, 6) is 1.41. The molecule has 0 amide bonds. The third-order valence-corrected chi connectivity index (χ3v) is 4.30. The first kappa shape index (κ1) is 17.1. The second-order valence-electron chi connectivity index (χ2n) is 5.92. The zero-order chi connectivity index (χ0) is 18.2. The molecule has 3 rings (SSSR count). The maximum absolute atomic E-state index is 12.7. The molecule has 1 aliphatic rings. The van der Waals surface area contributed by atoms with Crippen molar-refractivity contribution in [1.29, 1.82) is 0 Å². The lowest BCUT2D eigenvalue weighted by atomic mass is 10.00. The van der Waals surface area contributed by atoms with E-state index in [2.05, 4.69) is 11.7 Å². The van der Waals surface area contributed by atoms with Crippen molar-refractivity contribution in [2.45, 2.75) is 19.0 Å². The Balaban J connectivity index is 1.90. The Hall–Kier alpha value is -2.76. The molecule has 1 aliphatic heterocycles. The number of amidine groups is 1. The van der Waals surface area contributed by atoms with Gasteiger partial charge in [0.25, 0.3) is 0 Å². The van der Waals surface area contributed by atoms with Gasteiger partial charge in [-0.1, -0.05) is 43.8 Å². The lowest BCUT2D eigenvalue weighted by Crippen LogP contribution is -2.27. The molecule has 1 heterocycles. The molecule has 0 radical (unpaired) electrons. The maximum Gasteiger partial charge on any atom is 0.416 e. The Kier molecular flexibility index (Phi) is 4.29. The molecule has 3 nitrogen and oxygen atoms in total. The Morgan fingerprint density at radius 2 is 1.60 bits per heavy atom. The molecule has 0 saturated carbocycles. The minimum atomic E-state index is -4.35. The van der Waals surface area contributed by atoms with Gasteiger partial charge in [0, 0.05) is 13.0 Å². The van der Waals surface area contributed by atoms with Crippen LogP contribution in [0.3, 0.4) is 0 Å². The van der Waals surface area contributed by atoms with E-state index in [-0.39, 0.29) is 5.92 Å². The number of nitrogens with zero attached hydrogens (tertiary/aromatic N) is 3. The van der Waals surface area contributed by atoms with Crippen molar-refractivity contribution in [3.63, 3.8) is 0 Å². The van der Waals surface area contributed by atoms with Crippen molar-refractivity contribution in [1.82, 2.24) is 4.90 Å². The summed E-state index contributed by atoms with van der Waals surface area (Å²) in [6, 6.07) is 14.8. The Bertz CT molecular complexity index is 795. The van der Waals surface area contributed by atoms with E-state index in [0.29, 0.717) is 11.5 Å². The van der Waals surface area contributed by atoms with Crippen LogP contribution < -0.4 is 5.01 Å². The van der Waals surface area contributed by atoms with Crippen LogP contribution in [0.5, 0.6) is 0 Å². The van der Waals surface area contributed by atoms with E-state index in [9.17, 15) is 13.2 Å². The molecule has 0 N–H and O–H groups in total. The molecule has 0 fully saturated rings. The summed E-state index contributed by atoms with van der Waals surface area (Å²) in [6.45, 7) is 6.04. The van der Waals surface area contributed by atoms with Crippen LogP contribution >= 0.6 is 0 Å². The van der Waals surface area contributed by atoms with Gasteiger partial charge >= 0.3 is 6.18 Å². The van der Waals surface area contributed by atoms with Crippen molar-refractivity contribution in [2.75, 3.05) is 12.1 Å². The molecule has 2 aromatic rings. The van der Waals surface area contributed by atoms with E-state index >= 15 is 0 Å². The van der Waals surface area contributed by atoms with Gasteiger partial charge in [-0.15, -0.1) is 0 Å². The van der Waals surface area contributed by atoms with Crippen LogP contribution in [0, 0.1) is 0 Å². The van der Waals surface area contributed by atoms with Crippen LogP contribution in [0.1, 0.15) is 24.0 Å². The lowest BCUT2D eigenvalue weighted by Gasteiger charge is -2.21. The molecule has 6 heteroatoms. The van der Waals surface area contributed by atoms with Gasteiger partial charge in [0.2, 0.25) is 0 Å². The predicted molar refractivity (Wildman–Crippen MR) is 93.1 cm³/mol. The molecular weight excluding hydrogens is 327 g/mol. The monoisotopic (exact) mass is 345 g/mol. The normalized spacial score (nSPS) is 16.2. The van der Waals surface area contributed by atoms with E-state index in [1.54, 1.807) is 5.01 Å². The number of alkyl halides is 3. The summed E-state index contributed by atoms with van der Waals surface area (Å²) in [5.41, 5.74) is 0.964. The first-order valence-electron chi connectivity index (χ1n) is 7.82. The topological polar surface area (TPSA) is 18.8 Å². The lowest BCUT2D eigenvalue weighted by molar-refractivity contribution is -0.137. The maximum atomic E-state index is 12.7. The van der Waals surface area contributed by atoms with Crippen molar-refractivity contribution in [2.24, 2.45) is 5.10 Å². The fraction of sp³-hybridized carbons (Fsp3) is 0.211. The summed E-state index contributed by atoms with van der Waals surface area (Å²) in [7, 11) is 1.85. The van der Waals surface area contributed by atoms with Crippen LogP contribution in [-0.4, -0.2) is 17.8 Å². The minimum Gasteiger partial charge on any atom is -0.316 e. The van der Waals surface area contributed by atoms with Crippen molar-refractivity contribution < 1.29 is 13.2 Å². The van der Waals surface area contributed by atoms with Gasteiger partial charge in [-0.3, -0.25) is 0 Å². The Labute approximate surface area is 144 Å². The number of benzene rings is 2. The van der Waals surface area contributed by atoms with Crippen LogP contribution in [0.25, 0.3) is 0 Å². The number of hydrogen-bond donors (Lipinski definition) is 0. The number of anilines is 1. The van der Waals surface area contributed by atoms with E-state index in [4.69, 9.17) is 0 Å². The third kappa shape index (κ3) is 3.24. The second-order valence-corrected chi connectivity index (χ2v) is 5.92. The van der Waals surface area contributed by atoms with Crippen LogP contribution in [0.2, 0.25) is 0 Å². The highest BCUT2D eigenvalue weighted by Gasteiger charge is 2.32. The average Bonchev–Trinajstić information content (AvgIpc) is 2.90. The summed E-state index contributed by atoms with van der Waals surface area (Å²) >= 11 is 0. The fourth-order valence-electron chi connectivity index (χ4n) is 2.77. The fourth-order valence-corrected chi connectivity index (χ4v) is 2.77. The molecule has 25 heavy (non-hydrogen) atoms. The molecule has 0 bridgehead atoms. The molecule has 130 valence electrons. The number of rotatable bonds is 3. The quantitative estimate of drug-likeness (QED) is 0.775. The summed E-state index contributed by atoms with van der Waals surface area (Å²) in [6.07, 6.45) is -4.35. The second kappa shape index (κ2) is 6.27. The zero-order valence-corrected chi connectivity index (χ0v) is 14.0. The number of hydrogen-bond acceptors (Lipinski definition) is 3. The molecule has 0 saturated heterocycles. The van der Waals surface area contributed by atoms with Crippen molar-refractivity contribution >= 4 is 11.5 Å². The van der Waals surface area contributed by atoms with Gasteiger partial charge in [0.1, 0.15) is 11.7 Å². The predicted octanol–water partition coefficient (Wildman–Crippen LogP) is 5.05. The molecule has 1 atom stereocenters. The van der Waals surface area contributed by atoms with Gasteiger partial charge in [-0.2, -0.15) is 18.3 Å².